The minimum Gasteiger partial charge on any atom is -0.393 e. The van der Waals surface area contributed by atoms with Crippen molar-refractivity contribution >= 4 is 0 Å². The van der Waals surface area contributed by atoms with Crippen molar-refractivity contribution in [2.45, 2.75) is 79.5 Å². The van der Waals surface area contributed by atoms with Crippen LogP contribution in [0.3, 0.4) is 0 Å². The highest BCUT2D eigenvalue weighted by Crippen LogP contribution is 2.23. The molecule has 0 bridgehead atoms. The van der Waals surface area contributed by atoms with E-state index in [0.29, 0.717) is 5.92 Å². The molecule has 1 aliphatic heterocycles. The molecule has 0 spiro atoms. The molecule has 3 N–H and O–H groups in total. The van der Waals surface area contributed by atoms with Gasteiger partial charge in [-0.15, -0.1) is 0 Å². The highest BCUT2D eigenvalue weighted by atomic mass is 16.7. The molecule has 0 aromatic rings. The van der Waals surface area contributed by atoms with Crippen LogP contribution in [-0.2, 0) is 9.47 Å². The van der Waals surface area contributed by atoms with Crippen LogP contribution in [0.5, 0.6) is 0 Å². The summed E-state index contributed by atoms with van der Waals surface area (Å²) in [6.07, 6.45) is 2.42. The summed E-state index contributed by atoms with van der Waals surface area (Å²) < 4.78 is 11.0. The molecule has 1 rings (SSSR count). The lowest BCUT2D eigenvalue weighted by Gasteiger charge is -2.12. The maximum absolute atomic E-state index is 8.58. The highest BCUT2D eigenvalue weighted by Gasteiger charge is 2.31. The number of allylic oxidation sites excluding steroid dienone is 1. The number of ether oxygens (including phenoxy) is 2. The molecule has 1 aliphatic rings. The Bertz CT molecular complexity index is 284. The highest BCUT2D eigenvalue weighted by molar-refractivity contribution is 4.94. The monoisotopic (exact) mass is 320 g/mol. The van der Waals surface area contributed by atoms with Crippen LogP contribution in [0.15, 0.2) is 11.6 Å². The zero-order valence-electron chi connectivity index (χ0n) is 15.5. The second-order valence-corrected chi connectivity index (χ2v) is 6.56. The Balaban J connectivity index is 0. The van der Waals surface area contributed by atoms with Crippen LogP contribution in [0.2, 0.25) is 0 Å². The first-order chi connectivity index (χ1) is 9.98. The predicted octanol–water partition coefficient (Wildman–Crippen LogP) is 2.49. The molecule has 0 saturated carbocycles. The van der Waals surface area contributed by atoms with Gasteiger partial charge in [0, 0.05) is 5.92 Å². The van der Waals surface area contributed by atoms with Crippen LogP contribution < -0.4 is 0 Å². The molecule has 2 unspecified atom stereocenters. The van der Waals surface area contributed by atoms with Crippen LogP contribution in [0.1, 0.15) is 55.4 Å². The van der Waals surface area contributed by atoms with Crippen LogP contribution in [-0.4, -0.2) is 52.6 Å². The molecule has 0 aliphatic carbocycles. The Morgan fingerprint density at radius 3 is 1.59 bits per heavy atom. The number of aliphatic hydroxyl groups is 3. The van der Waals surface area contributed by atoms with E-state index in [2.05, 4.69) is 13.8 Å². The molecule has 0 aromatic carbocycles. The van der Waals surface area contributed by atoms with E-state index in [0.717, 1.165) is 5.57 Å². The lowest BCUT2D eigenvalue weighted by atomic mass is 10.2. The molecule has 5 nitrogen and oxygen atoms in total. The van der Waals surface area contributed by atoms with E-state index >= 15 is 0 Å². The lowest BCUT2D eigenvalue weighted by molar-refractivity contribution is -0.0919. The van der Waals surface area contributed by atoms with Crippen molar-refractivity contribution in [2.75, 3.05) is 13.2 Å². The Kier molecular flexibility index (Phi) is 13.0. The Morgan fingerprint density at radius 1 is 1.14 bits per heavy atom. The van der Waals surface area contributed by atoms with E-state index in [1.165, 1.54) is 0 Å². The predicted molar refractivity (Wildman–Crippen MR) is 89.6 cm³/mol. The minimum absolute atomic E-state index is 0.0185. The Morgan fingerprint density at radius 2 is 1.50 bits per heavy atom. The minimum atomic E-state index is -0.903. The fraction of sp³-hybridized carbons (Fsp3) is 0.882. The third-order valence-electron chi connectivity index (χ3n) is 3.03. The molecule has 134 valence electrons. The average molecular weight is 320 g/mol. The molecule has 2 atom stereocenters. The van der Waals surface area contributed by atoms with Crippen LogP contribution >= 0.6 is 0 Å². The van der Waals surface area contributed by atoms with Crippen molar-refractivity contribution in [1.82, 2.24) is 0 Å². The number of hydrogen-bond acceptors (Lipinski definition) is 5. The molecular formula is C17H36O5. The molecule has 1 heterocycles. The average Bonchev–Trinajstić information content (AvgIpc) is 2.78. The van der Waals surface area contributed by atoms with Gasteiger partial charge >= 0.3 is 0 Å². The zero-order chi connectivity index (χ0) is 17.9. The van der Waals surface area contributed by atoms with Crippen molar-refractivity contribution in [3.8, 4) is 0 Å². The van der Waals surface area contributed by atoms with Crippen molar-refractivity contribution in [2.24, 2.45) is 5.92 Å². The smallest absolute Gasteiger partial charge is 0.160 e. The first-order valence-corrected chi connectivity index (χ1v) is 7.85. The van der Waals surface area contributed by atoms with Gasteiger partial charge in [-0.3, -0.25) is 0 Å². The first kappa shape index (κ1) is 23.8. The summed E-state index contributed by atoms with van der Waals surface area (Å²) in [5.41, 5.74) is 0.120. The fourth-order valence-corrected chi connectivity index (χ4v) is 1.08. The SMILES string of the molecule is C/C=C(\C)CO.CC(C)(O)CO.CC(C)C1OC(C)C(C)O1. The second kappa shape index (κ2) is 12.0. The van der Waals surface area contributed by atoms with Gasteiger partial charge in [-0.05, 0) is 41.5 Å². The van der Waals surface area contributed by atoms with Gasteiger partial charge in [0.2, 0.25) is 0 Å². The standard InChI is InChI=1S/C8H16O2.C5H10O.C4H10O2/c1-5(2)8-9-6(3)7(4)10-8;1-3-5(2)4-6;1-4(2,6)3-5/h5-8H,1-4H3;3,6H,4H2,1-2H3;5-6H,3H2,1-2H3/b;5-3+;. The molecule has 1 saturated heterocycles. The maximum Gasteiger partial charge on any atom is 0.160 e. The molecule has 0 amide bonds. The third kappa shape index (κ3) is 13.2. The third-order valence-corrected chi connectivity index (χ3v) is 3.03. The molecule has 1 fully saturated rings. The fourth-order valence-electron chi connectivity index (χ4n) is 1.08. The summed E-state index contributed by atoms with van der Waals surface area (Å²) in [5, 5.41) is 25.0. The van der Waals surface area contributed by atoms with Crippen LogP contribution in [0.4, 0.5) is 0 Å². The van der Waals surface area contributed by atoms with Gasteiger partial charge in [0.25, 0.3) is 0 Å². The van der Waals surface area contributed by atoms with E-state index in [9.17, 15) is 0 Å². The van der Waals surface area contributed by atoms with E-state index < -0.39 is 5.60 Å². The normalized spacial score (nSPS) is 25.3. The zero-order valence-corrected chi connectivity index (χ0v) is 15.5. The van der Waals surface area contributed by atoms with E-state index in [4.69, 9.17) is 24.8 Å². The van der Waals surface area contributed by atoms with E-state index in [1.54, 1.807) is 13.8 Å². The quantitative estimate of drug-likeness (QED) is 0.696. The molecular weight excluding hydrogens is 284 g/mol. The van der Waals surface area contributed by atoms with Crippen LogP contribution in [0, 0.1) is 5.92 Å². The largest absolute Gasteiger partial charge is 0.393 e. The molecule has 0 radical (unpaired) electrons. The first-order valence-electron chi connectivity index (χ1n) is 7.85. The summed E-state index contributed by atoms with van der Waals surface area (Å²) in [5.74, 6) is 0.465. The topological polar surface area (TPSA) is 79.2 Å². The van der Waals surface area contributed by atoms with Crippen molar-refractivity contribution < 1.29 is 24.8 Å². The van der Waals surface area contributed by atoms with Gasteiger partial charge < -0.3 is 24.8 Å². The summed E-state index contributed by atoms with van der Waals surface area (Å²) >= 11 is 0. The number of aliphatic hydroxyl groups excluding tert-OH is 2. The van der Waals surface area contributed by atoms with Crippen molar-refractivity contribution in [3.63, 3.8) is 0 Å². The summed E-state index contributed by atoms with van der Waals surface area (Å²) in [6, 6.07) is 0. The summed E-state index contributed by atoms with van der Waals surface area (Å²) in [4.78, 5) is 0. The van der Waals surface area contributed by atoms with Gasteiger partial charge in [-0.2, -0.15) is 0 Å². The molecule has 22 heavy (non-hydrogen) atoms. The molecule has 0 aromatic heterocycles. The van der Waals surface area contributed by atoms with E-state index in [1.807, 2.05) is 33.8 Å². The van der Waals surface area contributed by atoms with Gasteiger partial charge in [0.1, 0.15) is 0 Å². The van der Waals surface area contributed by atoms with Gasteiger partial charge in [0.15, 0.2) is 6.29 Å². The maximum atomic E-state index is 8.58. The van der Waals surface area contributed by atoms with Crippen LogP contribution in [0.25, 0.3) is 0 Å². The van der Waals surface area contributed by atoms with Crippen molar-refractivity contribution in [1.29, 1.82) is 0 Å². The van der Waals surface area contributed by atoms with Gasteiger partial charge in [-0.1, -0.05) is 25.5 Å². The van der Waals surface area contributed by atoms with Crippen molar-refractivity contribution in [3.05, 3.63) is 11.6 Å². The number of rotatable bonds is 3. The number of hydrogen-bond donors (Lipinski definition) is 3. The molecule has 5 heteroatoms. The second-order valence-electron chi connectivity index (χ2n) is 6.56. The lowest BCUT2D eigenvalue weighted by Crippen LogP contribution is -2.23. The van der Waals surface area contributed by atoms with Gasteiger partial charge in [0.05, 0.1) is 31.0 Å². The van der Waals surface area contributed by atoms with E-state index in [-0.39, 0.29) is 31.7 Å². The summed E-state index contributed by atoms with van der Waals surface area (Å²) in [7, 11) is 0. The Labute approximate surface area is 136 Å². The van der Waals surface area contributed by atoms with Gasteiger partial charge in [-0.25, -0.2) is 0 Å². The summed E-state index contributed by atoms with van der Waals surface area (Å²) in [6.45, 7) is 15.2. The Hall–Kier alpha value is -0.460.